The Labute approximate surface area is 200 Å². The highest BCUT2D eigenvalue weighted by atomic mass is 32.1. The molecule has 0 saturated heterocycles. The summed E-state index contributed by atoms with van der Waals surface area (Å²) in [4.78, 5) is 4.94. The number of pyridine rings is 1. The van der Waals surface area contributed by atoms with Crippen molar-refractivity contribution in [3.63, 3.8) is 0 Å². The molecule has 0 radical (unpaired) electrons. The predicted octanol–water partition coefficient (Wildman–Crippen LogP) is 9.24. The van der Waals surface area contributed by atoms with Gasteiger partial charge in [-0.05, 0) is 88.7 Å². The maximum Gasteiger partial charge on any atom is 0.0880 e. The summed E-state index contributed by atoms with van der Waals surface area (Å²) in [6.45, 7) is 14.2. The Kier molecular flexibility index (Phi) is 4.36. The minimum Gasteiger partial charge on any atom is -0.255 e. The van der Waals surface area contributed by atoms with Gasteiger partial charge in [-0.25, -0.2) is 0 Å². The van der Waals surface area contributed by atoms with E-state index in [-0.39, 0.29) is 10.8 Å². The summed E-state index contributed by atoms with van der Waals surface area (Å²) in [6, 6.07) is 18.0. The molecule has 2 heterocycles. The number of aromatic nitrogens is 1. The van der Waals surface area contributed by atoms with E-state index in [1.807, 2.05) is 17.5 Å². The Morgan fingerprint density at radius 1 is 0.788 bits per heavy atom. The van der Waals surface area contributed by atoms with Crippen molar-refractivity contribution < 1.29 is 0 Å². The monoisotopic (exact) mass is 449 g/mol. The molecular formula is C31H31NS. The van der Waals surface area contributed by atoms with Crippen LogP contribution in [0.1, 0.15) is 62.8 Å². The van der Waals surface area contributed by atoms with E-state index >= 15 is 0 Å². The lowest BCUT2D eigenvalue weighted by Crippen LogP contribution is -2.34. The average Bonchev–Trinajstić information content (AvgIpc) is 3.17. The summed E-state index contributed by atoms with van der Waals surface area (Å²) in [6.07, 6.45) is 4.47. The van der Waals surface area contributed by atoms with Gasteiger partial charge in [-0.15, -0.1) is 11.3 Å². The molecule has 2 heteroatoms. The normalized spacial score (nSPS) is 17.0. The maximum atomic E-state index is 4.94. The maximum absolute atomic E-state index is 4.94. The molecule has 6 rings (SSSR count). The first-order valence-electron chi connectivity index (χ1n) is 12.0. The van der Waals surface area contributed by atoms with Crippen LogP contribution in [-0.2, 0) is 10.8 Å². The molecule has 0 spiro atoms. The first kappa shape index (κ1) is 20.9. The fraction of sp³-hybridized carbons (Fsp3) is 0.323. The van der Waals surface area contributed by atoms with Crippen LogP contribution in [0, 0.1) is 13.8 Å². The van der Waals surface area contributed by atoms with Gasteiger partial charge < -0.3 is 0 Å². The van der Waals surface area contributed by atoms with Crippen molar-refractivity contribution >= 4 is 42.3 Å². The third-order valence-electron chi connectivity index (χ3n) is 7.98. The molecule has 0 N–H and O–H groups in total. The number of hydrogen-bond donors (Lipinski definition) is 0. The smallest absolute Gasteiger partial charge is 0.0880 e. The molecule has 0 atom stereocenters. The van der Waals surface area contributed by atoms with Gasteiger partial charge in [0.15, 0.2) is 0 Å². The van der Waals surface area contributed by atoms with Gasteiger partial charge in [-0.1, -0.05) is 58.0 Å². The number of benzene rings is 3. The van der Waals surface area contributed by atoms with Crippen LogP contribution in [-0.4, -0.2) is 4.98 Å². The van der Waals surface area contributed by atoms with Crippen molar-refractivity contribution in [1.82, 2.24) is 4.98 Å². The second-order valence-electron chi connectivity index (χ2n) is 11.2. The van der Waals surface area contributed by atoms with Gasteiger partial charge in [0.25, 0.3) is 0 Å². The zero-order valence-corrected chi connectivity index (χ0v) is 21.3. The Bertz CT molecular complexity index is 1580. The first-order chi connectivity index (χ1) is 15.7. The molecule has 1 nitrogen and oxygen atoms in total. The van der Waals surface area contributed by atoms with Crippen molar-refractivity contribution in [1.29, 1.82) is 0 Å². The van der Waals surface area contributed by atoms with Crippen molar-refractivity contribution in [3.05, 3.63) is 77.0 Å². The van der Waals surface area contributed by atoms with Gasteiger partial charge in [0.2, 0.25) is 0 Å². The lowest BCUT2D eigenvalue weighted by molar-refractivity contribution is 0.334. The Morgan fingerprint density at radius 2 is 1.55 bits per heavy atom. The van der Waals surface area contributed by atoms with E-state index in [1.165, 1.54) is 60.5 Å². The molecule has 3 aromatic carbocycles. The van der Waals surface area contributed by atoms with Gasteiger partial charge >= 0.3 is 0 Å². The van der Waals surface area contributed by atoms with Gasteiger partial charge in [0.05, 0.1) is 10.4 Å². The molecule has 2 aromatic heterocycles. The van der Waals surface area contributed by atoms with Gasteiger partial charge in [-0.3, -0.25) is 4.98 Å². The summed E-state index contributed by atoms with van der Waals surface area (Å²) < 4.78 is 2.79. The van der Waals surface area contributed by atoms with Crippen LogP contribution in [0.2, 0.25) is 0 Å². The fourth-order valence-electron chi connectivity index (χ4n) is 6.01. The topological polar surface area (TPSA) is 12.9 Å². The average molecular weight is 450 g/mol. The van der Waals surface area contributed by atoms with Crippen molar-refractivity contribution in [2.24, 2.45) is 0 Å². The van der Waals surface area contributed by atoms with E-state index in [1.54, 1.807) is 11.1 Å². The minimum absolute atomic E-state index is 0.185. The van der Waals surface area contributed by atoms with Crippen LogP contribution < -0.4 is 0 Å². The van der Waals surface area contributed by atoms with Crippen molar-refractivity contribution in [2.75, 3.05) is 0 Å². The standard InChI is InChI=1S/C31H31NS/c1-18-15-21(17-20-9-7-8-10-22(18)20)27-28-23(11-14-32-27)25-19(2)16-24-26(29(25)33-28)31(5,6)13-12-30(24,3)4/h7-11,14-17H,12-13H2,1-6H3. The Morgan fingerprint density at radius 3 is 2.36 bits per heavy atom. The number of aryl methyl sites for hydroxylation is 2. The molecule has 0 aliphatic heterocycles. The van der Waals surface area contributed by atoms with E-state index in [0.717, 1.165) is 5.69 Å². The number of nitrogens with zero attached hydrogens (tertiary/aromatic N) is 1. The lowest BCUT2D eigenvalue weighted by atomic mass is 9.62. The number of fused-ring (bicyclic) bond motifs is 6. The molecule has 0 amide bonds. The summed E-state index contributed by atoms with van der Waals surface area (Å²) in [5.74, 6) is 0. The summed E-state index contributed by atoms with van der Waals surface area (Å²) in [7, 11) is 0. The van der Waals surface area contributed by atoms with Gasteiger partial charge in [-0.2, -0.15) is 0 Å². The predicted molar refractivity (Wildman–Crippen MR) is 145 cm³/mol. The number of rotatable bonds is 1. The minimum atomic E-state index is 0.185. The van der Waals surface area contributed by atoms with Crippen molar-refractivity contribution in [3.8, 4) is 11.3 Å². The van der Waals surface area contributed by atoms with Crippen molar-refractivity contribution in [2.45, 2.75) is 65.2 Å². The number of hydrogen-bond acceptors (Lipinski definition) is 2. The largest absolute Gasteiger partial charge is 0.255 e. The van der Waals surface area contributed by atoms with Crippen LogP contribution in [0.5, 0.6) is 0 Å². The zero-order chi connectivity index (χ0) is 23.1. The van der Waals surface area contributed by atoms with Gasteiger partial charge in [0, 0.05) is 27.2 Å². The number of thiophene rings is 1. The highest BCUT2D eigenvalue weighted by Gasteiger charge is 2.39. The third kappa shape index (κ3) is 3.00. The molecule has 0 fully saturated rings. The molecule has 0 bridgehead atoms. The van der Waals surface area contributed by atoms with Crippen LogP contribution in [0.25, 0.3) is 42.2 Å². The molecule has 0 saturated carbocycles. The Balaban J connectivity index is 1.71. The van der Waals surface area contributed by atoms with Gasteiger partial charge in [0.1, 0.15) is 0 Å². The highest BCUT2D eigenvalue weighted by Crippen LogP contribution is 2.53. The second kappa shape index (κ2) is 6.90. The third-order valence-corrected chi connectivity index (χ3v) is 9.21. The molecule has 1 aliphatic rings. The van der Waals surface area contributed by atoms with E-state index in [0.29, 0.717) is 0 Å². The highest BCUT2D eigenvalue weighted by molar-refractivity contribution is 7.26. The van der Waals surface area contributed by atoms with E-state index in [2.05, 4.69) is 90.1 Å². The molecule has 5 aromatic rings. The SMILES string of the molecule is Cc1cc(-c2nccc3c2sc2c4c(cc(C)c23)C(C)(C)CCC4(C)C)cc2ccccc12. The van der Waals surface area contributed by atoms with E-state index < -0.39 is 0 Å². The quantitative estimate of drug-likeness (QED) is 0.248. The van der Waals surface area contributed by atoms with Crippen LogP contribution in [0.3, 0.4) is 0 Å². The van der Waals surface area contributed by atoms with Crippen LogP contribution in [0.4, 0.5) is 0 Å². The second-order valence-corrected chi connectivity index (χ2v) is 12.3. The Hall–Kier alpha value is -2.71. The molecule has 1 aliphatic carbocycles. The lowest BCUT2D eigenvalue weighted by Gasteiger charge is -2.42. The first-order valence-corrected chi connectivity index (χ1v) is 12.8. The van der Waals surface area contributed by atoms with E-state index in [4.69, 9.17) is 4.98 Å². The van der Waals surface area contributed by atoms with Crippen LogP contribution in [0.15, 0.2) is 54.7 Å². The molecule has 0 unspecified atom stereocenters. The van der Waals surface area contributed by atoms with E-state index in [9.17, 15) is 0 Å². The molecular weight excluding hydrogens is 418 g/mol. The molecule has 33 heavy (non-hydrogen) atoms. The summed E-state index contributed by atoms with van der Waals surface area (Å²) in [5, 5.41) is 5.38. The van der Waals surface area contributed by atoms with Crippen LogP contribution >= 0.6 is 11.3 Å². The zero-order valence-electron chi connectivity index (χ0n) is 20.5. The summed E-state index contributed by atoms with van der Waals surface area (Å²) in [5.41, 5.74) is 8.55. The molecule has 166 valence electrons. The fourth-order valence-corrected chi connectivity index (χ4v) is 7.62. The summed E-state index contributed by atoms with van der Waals surface area (Å²) >= 11 is 1.96.